The first-order valence-electron chi connectivity index (χ1n) is 12.0. The Morgan fingerprint density at radius 3 is 2.62 bits per heavy atom. The summed E-state index contributed by atoms with van der Waals surface area (Å²) in [6, 6.07) is 13.8. The zero-order chi connectivity index (χ0) is 24.4. The number of rotatable bonds is 6. The monoisotopic (exact) mass is 459 g/mol. The number of amides is 1. The summed E-state index contributed by atoms with van der Waals surface area (Å²) in [6.07, 6.45) is 0.272. The maximum Gasteiger partial charge on any atom is 0.340 e. The second kappa shape index (κ2) is 9.94. The normalized spacial score (nSPS) is 14.6. The first kappa shape index (κ1) is 23.9. The quantitative estimate of drug-likeness (QED) is 0.514. The number of fused-ring (bicyclic) bond motifs is 2. The number of ether oxygens (including phenoxy) is 1. The minimum absolute atomic E-state index is 0.319. The molecule has 34 heavy (non-hydrogen) atoms. The summed E-state index contributed by atoms with van der Waals surface area (Å²) >= 11 is 0. The minimum Gasteiger partial charge on any atom is -0.449 e. The summed E-state index contributed by atoms with van der Waals surface area (Å²) in [4.78, 5) is 33.8. The Labute approximate surface area is 201 Å². The average molecular weight is 460 g/mol. The molecular formula is C28H33N3O3. The van der Waals surface area contributed by atoms with Crippen LogP contribution in [0.15, 0.2) is 42.5 Å². The molecule has 0 saturated carbocycles. The highest BCUT2D eigenvalue weighted by molar-refractivity contribution is 6.06. The summed E-state index contributed by atoms with van der Waals surface area (Å²) < 4.78 is 5.86. The van der Waals surface area contributed by atoms with Gasteiger partial charge < -0.3 is 10.1 Å². The first-order valence-corrected chi connectivity index (χ1v) is 12.0. The van der Waals surface area contributed by atoms with E-state index in [0.717, 1.165) is 51.9 Å². The maximum absolute atomic E-state index is 13.6. The highest BCUT2D eigenvalue weighted by atomic mass is 16.5. The summed E-state index contributed by atoms with van der Waals surface area (Å²) in [5.41, 5.74) is 5.98. The summed E-state index contributed by atoms with van der Waals surface area (Å²) in [5.74, 6) is -0.788. The first-order chi connectivity index (χ1) is 16.3. The number of para-hydroxylation sites is 1. The molecule has 6 nitrogen and oxygen atoms in total. The van der Waals surface area contributed by atoms with Gasteiger partial charge in [-0.15, -0.1) is 0 Å². The molecule has 0 aliphatic carbocycles. The molecule has 1 aliphatic rings. The van der Waals surface area contributed by atoms with Crippen molar-refractivity contribution in [2.75, 3.05) is 11.9 Å². The zero-order valence-electron chi connectivity index (χ0n) is 20.6. The Hall–Kier alpha value is -3.25. The van der Waals surface area contributed by atoms with Crippen LogP contribution in [0, 0.1) is 13.8 Å². The lowest BCUT2D eigenvalue weighted by Gasteiger charge is -2.32. The summed E-state index contributed by atoms with van der Waals surface area (Å²) in [7, 11) is 0. The number of esters is 1. The molecule has 6 heteroatoms. The fraction of sp³-hybridized carbons (Fsp3) is 0.393. The lowest BCUT2D eigenvalue weighted by molar-refractivity contribution is -0.124. The number of hydrogen-bond donors (Lipinski definition) is 1. The minimum atomic E-state index is -0.889. The predicted octanol–water partition coefficient (Wildman–Crippen LogP) is 5.19. The highest BCUT2D eigenvalue weighted by Gasteiger charge is 2.30. The summed E-state index contributed by atoms with van der Waals surface area (Å²) in [5, 5.41) is 3.71. The number of benzene rings is 2. The molecule has 0 bridgehead atoms. The zero-order valence-corrected chi connectivity index (χ0v) is 20.6. The van der Waals surface area contributed by atoms with Gasteiger partial charge in [0.2, 0.25) is 0 Å². The number of nitrogens with one attached hydrogen (secondary N) is 1. The Kier molecular flexibility index (Phi) is 6.98. The molecule has 1 unspecified atom stereocenters. The second-order valence-corrected chi connectivity index (χ2v) is 9.28. The molecule has 1 aromatic heterocycles. The molecule has 178 valence electrons. The van der Waals surface area contributed by atoms with Gasteiger partial charge in [-0.2, -0.15) is 0 Å². The molecule has 4 rings (SSSR count). The van der Waals surface area contributed by atoms with Crippen molar-refractivity contribution in [3.05, 3.63) is 70.4 Å². The van der Waals surface area contributed by atoms with Gasteiger partial charge in [0, 0.05) is 47.9 Å². The number of carbonyl (C=O) groups is 2. The van der Waals surface area contributed by atoms with Crippen LogP contribution in [-0.2, 0) is 22.5 Å². The third kappa shape index (κ3) is 4.68. The van der Waals surface area contributed by atoms with E-state index >= 15 is 0 Å². The van der Waals surface area contributed by atoms with Gasteiger partial charge in [-0.05, 0) is 57.4 Å². The van der Waals surface area contributed by atoms with Crippen molar-refractivity contribution < 1.29 is 14.3 Å². The number of aromatic nitrogens is 1. The van der Waals surface area contributed by atoms with Crippen LogP contribution in [0.1, 0.15) is 59.9 Å². The number of hydrogen-bond acceptors (Lipinski definition) is 5. The molecular weight excluding hydrogens is 426 g/mol. The predicted molar refractivity (Wildman–Crippen MR) is 135 cm³/mol. The van der Waals surface area contributed by atoms with E-state index in [1.807, 2.05) is 63.2 Å². The third-order valence-corrected chi connectivity index (χ3v) is 6.79. The van der Waals surface area contributed by atoms with Crippen molar-refractivity contribution in [2.24, 2.45) is 0 Å². The maximum atomic E-state index is 13.6. The van der Waals surface area contributed by atoms with E-state index in [-0.39, 0.29) is 5.91 Å². The Balaban J connectivity index is 1.66. The fourth-order valence-electron chi connectivity index (χ4n) is 4.50. The Morgan fingerprint density at radius 1 is 1.12 bits per heavy atom. The average Bonchev–Trinajstić information content (AvgIpc) is 2.83. The number of carbonyl (C=O) groups excluding carboxylic acids is 2. The summed E-state index contributed by atoms with van der Waals surface area (Å²) in [6.45, 7) is 11.7. The fourth-order valence-corrected chi connectivity index (χ4v) is 4.50. The van der Waals surface area contributed by atoms with E-state index in [0.29, 0.717) is 24.6 Å². The van der Waals surface area contributed by atoms with Crippen LogP contribution < -0.4 is 5.32 Å². The van der Waals surface area contributed by atoms with E-state index in [4.69, 9.17) is 9.72 Å². The smallest absolute Gasteiger partial charge is 0.340 e. The Morgan fingerprint density at radius 2 is 1.88 bits per heavy atom. The molecule has 1 amide bonds. The molecule has 2 aromatic carbocycles. The van der Waals surface area contributed by atoms with Crippen LogP contribution in [0.25, 0.3) is 10.9 Å². The van der Waals surface area contributed by atoms with E-state index in [1.165, 1.54) is 0 Å². The van der Waals surface area contributed by atoms with E-state index in [1.54, 1.807) is 0 Å². The van der Waals surface area contributed by atoms with Crippen LogP contribution in [0.2, 0.25) is 0 Å². The van der Waals surface area contributed by atoms with Gasteiger partial charge in [0.15, 0.2) is 6.10 Å². The van der Waals surface area contributed by atoms with Crippen molar-refractivity contribution in [3.63, 3.8) is 0 Å². The number of nitrogens with zero attached hydrogens (tertiary/aromatic N) is 2. The van der Waals surface area contributed by atoms with Crippen molar-refractivity contribution in [3.8, 4) is 0 Å². The SMILES string of the molecule is CCC(OC(=O)c1c2c(nc3ccccc13)CCN(C(C)C)C2)C(=O)Nc1cccc(C)c1C. The lowest BCUT2D eigenvalue weighted by atomic mass is 9.95. The van der Waals surface area contributed by atoms with Gasteiger partial charge >= 0.3 is 5.97 Å². The highest BCUT2D eigenvalue weighted by Crippen LogP contribution is 2.30. The molecule has 3 aromatic rings. The molecule has 0 spiro atoms. The molecule has 0 fully saturated rings. The van der Waals surface area contributed by atoms with Crippen molar-refractivity contribution in [2.45, 2.75) is 66.2 Å². The van der Waals surface area contributed by atoms with Gasteiger partial charge in [0.25, 0.3) is 5.91 Å². The van der Waals surface area contributed by atoms with E-state index in [2.05, 4.69) is 24.1 Å². The molecule has 1 N–H and O–H groups in total. The molecule has 0 radical (unpaired) electrons. The Bertz CT molecular complexity index is 1240. The van der Waals surface area contributed by atoms with Crippen LogP contribution in [-0.4, -0.2) is 40.5 Å². The van der Waals surface area contributed by atoms with Gasteiger partial charge in [-0.1, -0.05) is 37.3 Å². The topological polar surface area (TPSA) is 71.5 Å². The molecule has 2 heterocycles. The standard InChI is InChI=1S/C28H33N3O3/c1-6-25(27(32)30-22-13-9-10-18(4)19(22)5)34-28(33)26-20-11-7-8-12-23(20)29-24-14-15-31(17(2)3)16-21(24)26/h7-13,17,25H,6,14-16H2,1-5H3,(H,30,32). The molecule has 1 aliphatic heterocycles. The third-order valence-electron chi connectivity index (χ3n) is 6.79. The van der Waals surface area contributed by atoms with E-state index < -0.39 is 12.1 Å². The van der Waals surface area contributed by atoms with Crippen LogP contribution in [0.4, 0.5) is 5.69 Å². The number of anilines is 1. The number of aryl methyl sites for hydroxylation is 1. The van der Waals surface area contributed by atoms with Gasteiger partial charge in [0.05, 0.1) is 11.1 Å². The van der Waals surface area contributed by atoms with Crippen LogP contribution in [0.3, 0.4) is 0 Å². The van der Waals surface area contributed by atoms with Crippen LogP contribution >= 0.6 is 0 Å². The van der Waals surface area contributed by atoms with Crippen molar-refractivity contribution in [1.29, 1.82) is 0 Å². The number of pyridine rings is 1. The van der Waals surface area contributed by atoms with Gasteiger partial charge in [-0.3, -0.25) is 14.7 Å². The largest absolute Gasteiger partial charge is 0.449 e. The lowest BCUT2D eigenvalue weighted by Crippen LogP contribution is -2.38. The molecule has 0 saturated heterocycles. The van der Waals surface area contributed by atoms with Gasteiger partial charge in [0.1, 0.15) is 0 Å². The van der Waals surface area contributed by atoms with Crippen molar-refractivity contribution in [1.82, 2.24) is 9.88 Å². The molecule has 1 atom stereocenters. The van der Waals surface area contributed by atoms with Crippen molar-refractivity contribution >= 4 is 28.5 Å². The van der Waals surface area contributed by atoms with Gasteiger partial charge in [-0.25, -0.2) is 4.79 Å². The van der Waals surface area contributed by atoms with E-state index in [9.17, 15) is 9.59 Å². The van der Waals surface area contributed by atoms with Crippen LogP contribution in [0.5, 0.6) is 0 Å². The second-order valence-electron chi connectivity index (χ2n) is 9.28.